The molecule has 0 unspecified atom stereocenters. The van der Waals surface area contributed by atoms with Gasteiger partial charge in [-0.25, -0.2) is 0 Å². The van der Waals surface area contributed by atoms with Crippen molar-refractivity contribution in [1.82, 2.24) is 4.57 Å². The van der Waals surface area contributed by atoms with Crippen molar-refractivity contribution < 1.29 is 4.42 Å². The fourth-order valence-electron chi connectivity index (χ4n) is 10.2. The third-order valence-electron chi connectivity index (χ3n) is 13.4. The first-order chi connectivity index (χ1) is 33.2. The van der Waals surface area contributed by atoms with E-state index in [1.165, 1.54) is 66.0 Å². The molecule has 0 spiro atoms. The van der Waals surface area contributed by atoms with Crippen LogP contribution in [-0.2, 0) is 0 Å². The fraction of sp³-hybridized carbons (Fsp3) is 0. The molecule has 0 saturated heterocycles. The van der Waals surface area contributed by atoms with Crippen molar-refractivity contribution in [2.24, 2.45) is 0 Å². The van der Waals surface area contributed by atoms with Gasteiger partial charge in [-0.05, 0) is 104 Å². The number of rotatable bonds is 8. The number of hydrogen-bond donors (Lipinski definition) is 0. The summed E-state index contributed by atoms with van der Waals surface area (Å²) in [5, 5.41) is 7.16. The number of fused-ring (bicyclic) bond motifs is 8. The first-order valence-electron chi connectivity index (χ1n) is 22.9. The molecule has 3 nitrogen and oxygen atoms in total. The monoisotopic (exact) mass is 854 g/mol. The van der Waals surface area contributed by atoms with E-state index in [2.05, 4.69) is 264 Å². The molecule has 0 aliphatic rings. The molecule has 2 heterocycles. The van der Waals surface area contributed by atoms with E-state index in [0.29, 0.717) is 0 Å². The summed E-state index contributed by atoms with van der Waals surface area (Å²) < 4.78 is 9.19. The van der Waals surface area contributed by atoms with Crippen LogP contribution < -0.4 is 4.90 Å². The molecule has 0 atom stereocenters. The van der Waals surface area contributed by atoms with Gasteiger partial charge in [0.05, 0.1) is 16.7 Å². The zero-order chi connectivity index (χ0) is 44.3. The van der Waals surface area contributed by atoms with Gasteiger partial charge in [0.1, 0.15) is 5.58 Å². The lowest BCUT2D eigenvalue weighted by Gasteiger charge is -2.26. The lowest BCUT2D eigenvalue weighted by molar-refractivity contribution is 0.669. The smallest absolute Gasteiger partial charge is 0.159 e. The zero-order valence-electron chi connectivity index (χ0n) is 36.6. The maximum atomic E-state index is 6.79. The van der Waals surface area contributed by atoms with E-state index in [1.807, 2.05) is 0 Å². The summed E-state index contributed by atoms with van der Waals surface area (Å²) in [6, 6.07) is 91.6. The highest BCUT2D eigenvalue weighted by Gasteiger charge is 2.21. The largest absolute Gasteiger partial charge is 0.454 e. The molecule has 2 aromatic heterocycles. The lowest BCUT2D eigenvalue weighted by atomic mass is 9.97. The number of para-hydroxylation sites is 4. The fourth-order valence-corrected chi connectivity index (χ4v) is 10.2. The van der Waals surface area contributed by atoms with E-state index >= 15 is 0 Å². The van der Waals surface area contributed by atoms with Crippen molar-refractivity contribution in [2.45, 2.75) is 0 Å². The second-order valence-corrected chi connectivity index (χ2v) is 17.3. The number of aromatic nitrogens is 1. The van der Waals surface area contributed by atoms with Crippen LogP contribution in [0.2, 0.25) is 0 Å². The first kappa shape index (κ1) is 38.5. The van der Waals surface area contributed by atoms with Gasteiger partial charge >= 0.3 is 0 Å². The normalized spacial score (nSPS) is 11.6. The molecule has 0 radical (unpaired) electrons. The molecule has 67 heavy (non-hydrogen) atoms. The second-order valence-electron chi connectivity index (χ2n) is 17.3. The highest BCUT2D eigenvalue weighted by Crippen LogP contribution is 2.45. The van der Waals surface area contributed by atoms with Crippen LogP contribution in [0.15, 0.2) is 259 Å². The van der Waals surface area contributed by atoms with Gasteiger partial charge < -0.3 is 13.9 Å². The summed E-state index contributed by atoms with van der Waals surface area (Å²) in [6.45, 7) is 0. The van der Waals surface area contributed by atoms with Crippen LogP contribution in [0.25, 0.3) is 105 Å². The van der Waals surface area contributed by atoms with Crippen LogP contribution in [-0.4, -0.2) is 4.57 Å². The number of benzene rings is 11. The molecule has 0 aliphatic carbocycles. The molecular weight excluding hydrogens is 813 g/mol. The van der Waals surface area contributed by atoms with Crippen molar-refractivity contribution >= 4 is 71.6 Å². The summed E-state index contributed by atoms with van der Waals surface area (Å²) in [5.74, 6) is 0. The quantitative estimate of drug-likeness (QED) is 0.152. The minimum atomic E-state index is 0.862. The van der Waals surface area contributed by atoms with Crippen molar-refractivity contribution in [3.8, 4) is 50.2 Å². The van der Waals surface area contributed by atoms with Gasteiger partial charge in [-0.2, -0.15) is 0 Å². The molecular formula is C64H42N2O. The number of anilines is 3. The Hall–Kier alpha value is -8.92. The number of hydrogen-bond acceptors (Lipinski definition) is 2. The Kier molecular flexibility index (Phi) is 9.17. The molecule has 3 heteroatoms. The van der Waals surface area contributed by atoms with E-state index in [-0.39, 0.29) is 0 Å². The third kappa shape index (κ3) is 6.59. The summed E-state index contributed by atoms with van der Waals surface area (Å²) in [4.78, 5) is 2.32. The molecule has 0 aliphatic heterocycles. The van der Waals surface area contributed by atoms with Gasteiger partial charge in [-0.3, -0.25) is 0 Å². The van der Waals surface area contributed by atoms with Gasteiger partial charge in [0.25, 0.3) is 0 Å². The van der Waals surface area contributed by atoms with Gasteiger partial charge in [-0.15, -0.1) is 0 Å². The molecule has 13 aromatic rings. The lowest BCUT2D eigenvalue weighted by Crippen LogP contribution is -2.10. The van der Waals surface area contributed by atoms with Crippen molar-refractivity contribution in [1.29, 1.82) is 0 Å². The Morgan fingerprint density at radius 3 is 1.48 bits per heavy atom. The average Bonchev–Trinajstić information content (AvgIpc) is 3.97. The molecule has 314 valence electrons. The summed E-state index contributed by atoms with van der Waals surface area (Å²) in [6.07, 6.45) is 0. The highest BCUT2D eigenvalue weighted by molar-refractivity contribution is 6.21. The van der Waals surface area contributed by atoms with Crippen molar-refractivity contribution in [2.75, 3.05) is 4.90 Å². The predicted molar refractivity (Wildman–Crippen MR) is 282 cm³/mol. The third-order valence-corrected chi connectivity index (χ3v) is 13.4. The topological polar surface area (TPSA) is 21.3 Å². The summed E-state index contributed by atoms with van der Waals surface area (Å²) in [5.41, 5.74) is 17.9. The minimum Gasteiger partial charge on any atom is -0.454 e. The van der Waals surface area contributed by atoms with E-state index in [4.69, 9.17) is 4.42 Å². The van der Waals surface area contributed by atoms with Crippen LogP contribution in [0.5, 0.6) is 0 Å². The molecule has 0 fully saturated rings. The van der Waals surface area contributed by atoms with Crippen LogP contribution >= 0.6 is 0 Å². The standard InChI is InChI=1S/C64H42N2O/c1-3-13-43(14-4-1)47-33-38-52(39-34-47)65(60-24-12-22-58-62-54-18-8-7-15-49(54)37-42-61(62)67-64(58)60)53-40-35-48(36-41-53)45-27-25-44(26-28-45)46-29-31-50(32-30-46)55-20-11-21-57-56-19-9-10-23-59(56)66(63(55)57)51-16-5-2-6-17-51/h1-42H. The molecule has 13 rings (SSSR count). The maximum absolute atomic E-state index is 6.79. The Morgan fingerprint density at radius 1 is 0.328 bits per heavy atom. The average molecular weight is 855 g/mol. The molecule has 0 bridgehead atoms. The van der Waals surface area contributed by atoms with Gasteiger partial charge in [0.15, 0.2) is 5.58 Å². The predicted octanol–water partition coefficient (Wildman–Crippen LogP) is 18.0. The zero-order valence-corrected chi connectivity index (χ0v) is 36.6. The molecule has 0 amide bonds. The second kappa shape index (κ2) is 16.0. The minimum absolute atomic E-state index is 0.862. The number of nitrogens with zero attached hydrogens (tertiary/aromatic N) is 2. The van der Waals surface area contributed by atoms with Gasteiger partial charge in [0.2, 0.25) is 0 Å². The summed E-state index contributed by atoms with van der Waals surface area (Å²) >= 11 is 0. The van der Waals surface area contributed by atoms with Crippen molar-refractivity contribution in [3.05, 3.63) is 255 Å². The number of furan rings is 1. The van der Waals surface area contributed by atoms with Crippen LogP contribution in [0.1, 0.15) is 0 Å². The van der Waals surface area contributed by atoms with Gasteiger partial charge in [0, 0.05) is 44.2 Å². The molecule has 11 aromatic carbocycles. The Morgan fingerprint density at radius 2 is 0.821 bits per heavy atom. The Balaban J connectivity index is 0.832. The van der Waals surface area contributed by atoms with Crippen LogP contribution in [0, 0.1) is 0 Å². The van der Waals surface area contributed by atoms with E-state index in [0.717, 1.165) is 55.8 Å². The molecule has 0 saturated carbocycles. The van der Waals surface area contributed by atoms with Crippen LogP contribution in [0.4, 0.5) is 17.1 Å². The summed E-state index contributed by atoms with van der Waals surface area (Å²) in [7, 11) is 0. The van der Waals surface area contributed by atoms with Gasteiger partial charge in [-0.1, -0.05) is 200 Å². The van der Waals surface area contributed by atoms with E-state index in [1.54, 1.807) is 0 Å². The van der Waals surface area contributed by atoms with E-state index < -0.39 is 0 Å². The Labute approximate surface area is 388 Å². The Bertz CT molecular complexity index is 3920. The van der Waals surface area contributed by atoms with Crippen molar-refractivity contribution in [3.63, 3.8) is 0 Å². The first-order valence-corrected chi connectivity index (χ1v) is 22.9. The van der Waals surface area contributed by atoms with Crippen LogP contribution in [0.3, 0.4) is 0 Å². The van der Waals surface area contributed by atoms with E-state index in [9.17, 15) is 0 Å². The SMILES string of the molecule is c1ccc(-c2ccc(N(c3ccc(-c4ccc(-c5ccc(-c6cccc7c8ccccc8n(-c8ccccc8)c67)cc5)cc4)cc3)c3cccc4c3oc3ccc5ccccc5c34)cc2)cc1. The highest BCUT2D eigenvalue weighted by atomic mass is 16.3. The molecule has 0 N–H and O–H groups in total. The maximum Gasteiger partial charge on any atom is 0.159 e.